The van der Waals surface area contributed by atoms with Gasteiger partial charge in [-0.1, -0.05) is 80.8 Å². The van der Waals surface area contributed by atoms with Gasteiger partial charge in [0.25, 0.3) is 0 Å². The maximum Gasteiger partial charge on any atom is 0.313 e. The van der Waals surface area contributed by atoms with E-state index in [0.29, 0.717) is 19.4 Å². The quantitative estimate of drug-likeness (QED) is 0.445. The number of esters is 1. The molecule has 0 bridgehead atoms. The lowest BCUT2D eigenvalue weighted by Crippen LogP contribution is -2.58. The second-order valence-electron chi connectivity index (χ2n) is 11.9. The zero-order chi connectivity index (χ0) is 27.9. The van der Waals surface area contributed by atoms with Gasteiger partial charge in [-0.3, -0.25) is 14.4 Å². The number of benzene rings is 1. The first-order valence-corrected chi connectivity index (χ1v) is 15.0. The number of aliphatic hydroxyl groups is 1. The fraction of sp³-hybridized carbons (Fsp3) is 0.594. The molecule has 2 saturated heterocycles. The van der Waals surface area contributed by atoms with Crippen LogP contribution in [-0.4, -0.2) is 75.7 Å². The molecule has 1 aromatic rings. The van der Waals surface area contributed by atoms with E-state index < -0.39 is 41.1 Å². The summed E-state index contributed by atoms with van der Waals surface area (Å²) in [6.45, 7) is 2.30. The van der Waals surface area contributed by atoms with Crippen LogP contribution in [0.25, 0.3) is 0 Å². The average molecular weight is 549 g/mol. The number of cyclic esters (lactones) is 1. The third-order valence-electron chi connectivity index (χ3n) is 9.81. The summed E-state index contributed by atoms with van der Waals surface area (Å²) in [7, 11) is 0. The molecule has 8 nitrogen and oxygen atoms in total. The molecule has 40 heavy (non-hydrogen) atoms. The molecule has 4 heterocycles. The molecule has 0 aromatic heterocycles. The molecule has 2 amide bonds. The minimum absolute atomic E-state index is 0.0879. The lowest BCUT2D eigenvalue weighted by Gasteiger charge is -2.42. The van der Waals surface area contributed by atoms with Crippen LogP contribution < -0.4 is 0 Å². The van der Waals surface area contributed by atoms with Gasteiger partial charge in [0, 0.05) is 12.6 Å². The Morgan fingerprint density at radius 2 is 1.75 bits per heavy atom. The molecule has 1 unspecified atom stereocenters. The van der Waals surface area contributed by atoms with E-state index in [1.54, 1.807) is 0 Å². The van der Waals surface area contributed by atoms with Crippen molar-refractivity contribution >= 4 is 17.8 Å². The van der Waals surface area contributed by atoms with Crippen molar-refractivity contribution < 1.29 is 29.0 Å². The SMILES string of the molecule is CC[C@]12/C=C\CCCOC(=O)[C@H]1[C@H]1C(=O)N([C@H](CO)c3ccccc3)C3C(=O)N(C4CCCCC4)CC=C[C@@]31O2. The second kappa shape index (κ2) is 10.8. The molecule has 4 aliphatic heterocycles. The van der Waals surface area contributed by atoms with E-state index in [1.165, 1.54) is 4.90 Å². The van der Waals surface area contributed by atoms with Crippen LogP contribution in [0.15, 0.2) is 54.6 Å². The number of amides is 2. The minimum Gasteiger partial charge on any atom is -0.465 e. The van der Waals surface area contributed by atoms with Crippen LogP contribution in [-0.2, 0) is 23.9 Å². The van der Waals surface area contributed by atoms with Gasteiger partial charge in [0.1, 0.15) is 23.2 Å². The average Bonchev–Trinajstić information content (AvgIpc) is 3.36. The van der Waals surface area contributed by atoms with Gasteiger partial charge in [0.05, 0.1) is 25.2 Å². The maximum absolute atomic E-state index is 14.7. The highest BCUT2D eigenvalue weighted by molar-refractivity contribution is 5.99. The van der Waals surface area contributed by atoms with Gasteiger partial charge in [0.15, 0.2) is 0 Å². The van der Waals surface area contributed by atoms with Crippen molar-refractivity contribution in [2.24, 2.45) is 11.8 Å². The standard InChI is InChI=1S/C32H40N2O6/c1-2-31-17-10-5-11-20-39-30(38)26(31)25-28(36)34(24(21-35)22-13-6-3-7-14-22)27-29(37)33(23-15-8-4-9-16-23)19-12-18-32(25,27)40-31/h3,6-7,10,12-14,17-18,23-27,35H,2,4-5,8-9,11,15-16,19-21H2,1H3/b17-10-/t24-,25+,26-,27?,31+,32+/m1/s1. The Morgan fingerprint density at radius 1 is 0.975 bits per heavy atom. The number of allylic oxidation sites excluding steroid dienone is 1. The molecule has 1 aliphatic carbocycles. The molecule has 6 rings (SSSR count). The van der Waals surface area contributed by atoms with Crippen LogP contribution in [0.4, 0.5) is 0 Å². The Kier molecular flexibility index (Phi) is 7.34. The van der Waals surface area contributed by atoms with Crippen molar-refractivity contribution in [3.8, 4) is 0 Å². The molecule has 3 fully saturated rings. The van der Waals surface area contributed by atoms with Crippen LogP contribution in [0.1, 0.15) is 69.9 Å². The normalized spacial score (nSPS) is 36.0. The number of carbonyl (C=O) groups excluding carboxylic acids is 3. The number of hydrogen-bond donors (Lipinski definition) is 1. The monoisotopic (exact) mass is 548 g/mol. The van der Waals surface area contributed by atoms with E-state index in [1.807, 2.05) is 66.5 Å². The highest BCUT2D eigenvalue weighted by atomic mass is 16.6. The van der Waals surface area contributed by atoms with Crippen molar-refractivity contribution in [3.05, 3.63) is 60.2 Å². The second-order valence-corrected chi connectivity index (χ2v) is 11.9. The number of rotatable bonds is 5. The molecule has 1 spiro atoms. The van der Waals surface area contributed by atoms with E-state index in [-0.39, 0.29) is 31.1 Å². The van der Waals surface area contributed by atoms with Gasteiger partial charge in [-0.25, -0.2) is 0 Å². The summed E-state index contributed by atoms with van der Waals surface area (Å²) in [4.78, 5) is 46.6. The minimum atomic E-state index is -1.36. The smallest absolute Gasteiger partial charge is 0.313 e. The molecule has 214 valence electrons. The fourth-order valence-corrected chi connectivity index (χ4v) is 7.92. The van der Waals surface area contributed by atoms with Gasteiger partial charge in [0.2, 0.25) is 11.8 Å². The topological polar surface area (TPSA) is 96.4 Å². The molecule has 1 aromatic carbocycles. The highest BCUT2D eigenvalue weighted by Gasteiger charge is 2.76. The van der Waals surface area contributed by atoms with Gasteiger partial charge in [-0.15, -0.1) is 0 Å². The number of carbonyl (C=O) groups is 3. The van der Waals surface area contributed by atoms with Gasteiger partial charge >= 0.3 is 5.97 Å². The summed E-state index contributed by atoms with van der Waals surface area (Å²) in [5, 5.41) is 10.7. The molecular formula is C32H40N2O6. The van der Waals surface area contributed by atoms with Crippen molar-refractivity contribution in [2.45, 2.75) is 87.6 Å². The van der Waals surface area contributed by atoms with Gasteiger partial charge < -0.3 is 24.4 Å². The first-order chi connectivity index (χ1) is 19.5. The van der Waals surface area contributed by atoms with Crippen molar-refractivity contribution in [2.75, 3.05) is 19.8 Å². The molecular weight excluding hydrogens is 508 g/mol. The predicted octanol–water partition coefficient (Wildman–Crippen LogP) is 3.71. The predicted molar refractivity (Wildman–Crippen MR) is 148 cm³/mol. The molecule has 1 saturated carbocycles. The third kappa shape index (κ3) is 4.14. The summed E-state index contributed by atoms with van der Waals surface area (Å²) in [5.74, 6) is -2.82. The number of aliphatic hydroxyl groups excluding tert-OH is 1. The Hall–Kier alpha value is -2.97. The van der Waals surface area contributed by atoms with E-state index in [2.05, 4.69) is 0 Å². The van der Waals surface area contributed by atoms with E-state index >= 15 is 0 Å². The van der Waals surface area contributed by atoms with Crippen LogP contribution in [0.3, 0.4) is 0 Å². The molecule has 1 N–H and O–H groups in total. The van der Waals surface area contributed by atoms with Crippen LogP contribution in [0.5, 0.6) is 0 Å². The number of hydrogen-bond acceptors (Lipinski definition) is 6. The molecule has 0 radical (unpaired) electrons. The van der Waals surface area contributed by atoms with E-state index in [0.717, 1.165) is 44.1 Å². The Balaban J connectivity index is 1.52. The lowest BCUT2D eigenvalue weighted by molar-refractivity contribution is -0.163. The Morgan fingerprint density at radius 3 is 2.48 bits per heavy atom. The lowest BCUT2D eigenvalue weighted by atomic mass is 9.73. The number of likely N-dealkylation sites (tertiary alicyclic amines) is 1. The summed E-state index contributed by atoms with van der Waals surface area (Å²) >= 11 is 0. The maximum atomic E-state index is 14.7. The number of nitrogens with zero attached hydrogens (tertiary/aromatic N) is 2. The third-order valence-corrected chi connectivity index (χ3v) is 9.81. The molecule has 5 aliphatic rings. The van der Waals surface area contributed by atoms with E-state index in [9.17, 15) is 19.5 Å². The summed E-state index contributed by atoms with van der Waals surface area (Å²) in [5.41, 5.74) is -1.70. The highest BCUT2D eigenvalue weighted by Crippen LogP contribution is 2.59. The number of fused-ring (bicyclic) bond motifs is 2. The molecule has 8 heteroatoms. The largest absolute Gasteiger partial charge is 0.465 e. The summed E-state index contributed by atoms with van der Waals surface area (Å²) in [6, 6.07) is 7.63. The Bertz CT molecular complexity index is 1190. The van der Waals surface area contributed by atoms with Crippen molar-refractivity contribution in [1.29, 1.82) is 0 Å². The van der Waals surface area contributed by atoms with Crippen LogP contribution in [0.2, 0.25) is 0 Å². The first-order valence-electron chi connectivity index (χ1n) is 15.0. The Labute approximate surface area is 236 Å². The summed E-state index contributed by atoms with van der Waals surface area (Å²) < 4.78 is 12.7. The van der Waals surface area contributed by atoms with Crippen LogP contribution in [0, 0.1) is 11.8 Å². The molecule has 6 atom stereocenters. The van der Waals surface area contributed by atoms with E-state index in [4.69, 9.17) is 9.47 Å². The van der Waals surface area contributed by atoms with Gasteiger partial charge in [-0.05, 0) is 37.7 Å². The summed E-state index contributed by atoms with van der Waals surface area (Å²) in [6.07, 6.45) is 14.8. The van der Waals surface area contributed by atoms with Gasteiger partial charge in [-0.2, -0.15) is 0 Å². The zero-order valence-corrected chi connectivity index (χ0v) is 23.2. The van der Waals surface area contributed by atoms with Crippen LogP contribution >= 0.6 is 0 Å². The van der Waals surface area contributed by atoms with Crippen molar-refractivity contribution in [1.82, 2.24) is 9.80 Å². The first kappa shape index (κ1) is 27.2. The van der Waals surface area contributed by atoms with Crippen molar-refractivity contribution in [3.63, 3.8) is 0 Å². The number of ether oxygens (including phenoxy) is 2. The zero-order valence-electron chi connectivity index (χ0n) is 23.2. The fourth-order valence-electron chi connectivity index (χ4n) is 7.92.